The van der Waals surface area contributed by atoms with Crippen LogP contribution in [0, 0.1) is 18.8 Å². The first-order chi connectivity index (χ1) is 14.1. The SMILES string of the molecule is Cc1ccc(NC(=O)[C@H]2C3c4ccccc4C(c4ccccc43)[C@@H]2C(=O)O)cc1. The van der Waals surface area contributed by atoms with Gasteiger partial charge < -0.3 is 10.4 Å². The molecule has 0 fully saturated rings. The van der Waals surface area contributed by atoms with E-state index in [1.54, 1.807) is 0 Å². The first-order valence-corrected chi connectivity index (χ1v) is 9.84. The third-order valence-electron chi connectivity index (χ3n) is 6.34. The van der Waals surface area contributed by atoms with Crippen molar-refractivity contribution in [2.75, 3.05) is 5.32 Å². The summed E-state index contributed by atoms with van der Waals surface area (Å²) in [6, 6.07) is 23.5. The Bertz CT molecular complexity index is 1070. The number of carbonyl (C=O) groups is 2. The highest BCUT2D eigenvalue weighted by molar-refractivity contribution is 5.98. The second-order valence-corrected chi connectivity index (χ2v) is 7.96. The van der Waals surface area contributed by atoms with E-state index in [9.17, 15) is 14.7 Å². The summed E-state index contributed by atoms with van der Waals surface area (Å²) < 4.78 is 0. The van der Waals surface area contributed by atoms with Gasteiger partial charge in [0.1, 0.15) is 0 Å². The summed E-state index contributed by atoms with van der Waals surface area (Å²) >= 11 is 0. The van der Waals surface area contributed by atoms with E-state index < -0.39 is 17.8 Å². The topological polar surface area (TPSA) is 66.4 Å². The number of carbonyl (C=O) groups excluding carboxylic acids is 1. The number of fused-ring (bicyclic) bond motifs is 1. The number of aryl methyl sites for hydroxylation is 1. The zero-order chi connectivity index (χ0) is 20.1. The lowest BCUT2D eigenvalue weighted by atomic mass is 9.54. The van der Waals surface area contributed by atoms with Gasteiger partial charge in [0, 0.05) is 17.5 Å². The summed E-state index contributed by atoms with van der Waals surface area (Å²) in [5.41, 5.74) is 5.99. The molecule has 3 aliphatic rings. The maximum atomic E-state index is 13.4. The van der Waals surface area contributed by atoms with E-state index >= 15 is 0 Å². The number of anilines is 1. The van der Waals surface area contributed by atoms with E-state index in [2.05, 4.69) is 5.32 Å². The summed E-state index contributed by atoms with van der Waals surface area (Å²) in [6.45, 7) is 1.99. The summed E-state index contributed by atoms with van der Waals surface area (Å²) in [5.74, 6) is -3.20. The van der Waals surface area contributed by atoms with Crippen molar-refractivity contribution in [3.63, 3.8) is 0 Å². The Balaban J connectivity index is 1.64. The molecule has 0 unspecified atom stereocenters. The summed E-state index contributed by atoms with van der Waals surface area (Å²) in [5, 5.41) is 13.1. The molecule has 2 atom stereocenters. The van der Waals surface area contributed by atoms with Crippen LogP contribution in [0.1, 0.15) is 39.7 Å². The Hall–Kier alpha value is -3.40. The first-order valence-electron chi connectivity index (χ1n) is 9.84. The predicted molar refractivity (Wildman–Crippen MR) is 111 cm³/mol. The molecule has 144 valence electrons. The number of carboxylic acid groups (broad SMARTS) is 1. The number of nitrogens with one attached hydrogen (secondary N) is 1. The number of amides is 1. The smallest absolute Gasteiger partial charge is 0.308 e. The Morgan fingerprint density at radius 1 is 0.724 bits per heavy atom. The molecule has 0 saturated heterocycles. The van der Waals surface area contributed by atoms with Gasteiger partial charge in [-0.2, -0.15) is 0 Å². The largest absolute Gasteiger partial charge is 0.481 e. The molecule has 2 N–H and O–H groups in total. The fraction of sp³-hybridized carbons (Fsp3) is 0.200. The summed E-state index contributed by atoms with van der Waals surface area (Å²) in [7, 11) is 0. The Morgan fingerprint density at radius 3 is 1.62 bits per heavy atom. The van der Waals surface area contributed by atoms with E-state index in [1.165, 1.54) is 0 Å². The monoisotopic (exact) mass is 383 g/mol. The van der Waals surface area contributed by atoms with Gasteiger partial charge in [0.15, 0.2) is 0 Å². The van der Waals surface area contributed by atoms with Crippen LogP contribution < -0.4 is 5.32 Å². The molecule has 29 heavy (non-hydrogen) atoms. The number of hydrogen-bond acceptors (Lipinski definition) is 2. The molecule has 0 aromatic heterocycles. The van der Waals surface area contributed by atoms with Crippen molar-refractivity contribution in [2.24, 2.45) is 11.8 Å². The van der Waals surface area contributed by atoms with Crippen LogP contribution in [-0.2, 0) is 9.59 Å². The van der Waals surface area contributed by atoms with Crippen LogP contribution in [0.3, 0.4) is 0 Å². The van der Waals surface area contributed by atoms with Crippen LogP contribution in [0.25, 0.3) is 0 Å². The molecule has 0 heterocycles. The van der Waals surface area contributed by atoms with Gasteiger partial charge in [-0.05, 0) is 41.3 Å². The summed E-state index contributed by atoms with van der Waals surface area (Å²) in [6.07, 6.45) is 0. The van der Waals surface area contributed by atoms with Gasteiger partial charge in [-0.15, -0.1) is 0 Å². The second kappa shape index (κ2) is 6.59. The molecule has 3 aliphatic carbocycles. The Labute approximate surface area is 169 Å². The van der Waals surface area contributed by atoms with Crippen molar-refractivity contribution in [3.8, 4) is 0 Å². The molecule has 6 rings (SSSR count). The normalized spacial score (nSPS) is 23.8. The minimum atomic E-state index is -0.923. The molecule has 1 amide bonds. The van der Waals surface area contributed by atoms with Crippen LogP contribution in [0.15, 0.2) is 72.8 Å². The fourth-order valence-corrected chi connectivity index (χ4v) is 5.15. The van der Waals surface area contributed by atoms with Gasteiger partial charge >= 0.3 is 5.97 Å². The lowest BCUT2D eigenvalue weighted by molar-refractivity contribution is -0.148. The van der Waals surface area contributed by atoms with E-state index in [0.717, 1.165) is 27.8 Å². The lowest BCUT2D eigenvalue weighted by Crippen LogP contribution is -2.48. The standard InChI is InChI=1S/C25H21NO3/c1-14-10-12-15(13-11-14)26-24(27)22-20-16-6-2-4-8-18(16)21(23(22)25(28)29)19-9-5-3-7-17(19)20/h2-13,20-23H,1H3,(H,26,27)(H,28,29)/t20?,21?,22-,23-/m0/s1. The number of aliphatic carboxylic acids is 1. The van der Waals surface area contributed by atoms with Crippen molar-refractivity contribution in [2.45, 2.75) is 18.8 Å². The van der Waals surface area contributed by atoms with Crippen molar-refractivity contribution in [1.29, 1.82) is 0 Å². The number of hydrogen-bond donors (Lipinski definition) is 2. The highest BCUT2D eigenvalue weighted by Gasteiger charge is 2.55. The highest BCUT2D eigenvalue weighted by atomic mass is 16.4. The minimum absolute atomic E-state index is 0.236. The second-order valence-electron chi connectivity index (χ2n) is 7.96. The Morgan fingerprint density at radius 2 is 1.17 bits per heavy atom. The van der Waals surface area contributed by atoms with Crippen LogP contribution in [-0.4, -0.2) is 17.0 Å². The zero-order valence-corrected chi connectivity index (χ0v) is 16.0. The van der Waals surface area contributed by atoms with Crippen molar-refractivity contribution in [1.82, 2.24) is 0 Å². The van der Waals surface area contributed by atoms with Gasteiger partial charge in [0.25, 0.3) is 0 Å². The highest BCUT2D eigenvalue weighted by Crippen LogP contribution is 2.58. The van der Waals surface area contributed by atoms with E-state index in [0.29, 0.717) is 5.69 Å². The Kier molecular flexibility index (Phi) is 4.02. The van der Waals surface area contributed by atoms with E-state index in [-0.39, 0.29) is 17.7 Å². The third-order valence-corrected chi connectivity index (χ3v) is 6.34. The predicted octanol–water partition coefficient (Wildman–Crippen LogP) is 4.54. The van der Waals surface area contributed by atoms with Gasteiger partial charge in [-0.25, -0.2) is 0 Å². The van der Waals surface area contributed by atoms with E-state index in [4.69, 9.17) is 0 Å². The maximum Gasteiger partial charge on any atom is 0.308 e. The molecule has 3 aromatic rings. The molecule has 0 spiro atoms. The maximum absolute atomic E-state index is 13.4. The van der Waals surface area contributed by atoms with Crippen LogP contribution >= 0.6 is 0 Å². The molecule has 0 radical (unpaired) electrons. The van der Waals surface area contributed by atoms with Crippen molar-refractivity contribution >= 4 is 17.6 Å². The molecule has 4 heteroatoms. The van der Waals surface area contributed by atoms with Gasteiger partial charge in [0.2, 0.25) is 5.91 Å². The quantitative estimate of drug-likeness (QED) is 0.698. The van der Waals surface area contributed by atoms with Gasteiger partial charge in [0.05, 0.1) is 11.8 Å². The van der Waals surface area contributed by atoms with Crippen molar-refractivity contribution < 1.29 is 14.7 Å². The molecule has 2 bridgehead atoms. The molecule has 0 saturated carbocycles. The molecular formula is C25H21NO3. The van der Waals surface area contributed by atoms with E-state index in [1.807, 2.05) is 79.7 Å². The number of carboxylic acids is 1. The first kappa shape index (κ1) is 17.7. The average Bonchev–Trinajstić information content (AvgIpc) is 2.74. The lowest BCUT2D eigenvalue weighted by Gasteiger charge is -2.48. The molecule has 0 aliphatic heterocycles. The molecule has 4 nitrogen and oxygen atoms in total. The fourth-order valence-electron chi connectivity index (χ4n) is 5.15. The van der Waals surface area contributed by atoms with Crippen LogP contribution in [0.5, 0.6) is 0 Å². The number of benzene rings is 3. The van der Waals surface area contributed by atoms with Gasteiger partial charge in [-0.3, -0.25) is 9.59 Å². The molecule has 3 aromatic carbocycles. The number of rotatable bonds is 3. The zero-order valence-electron chi connectivity index (χ0n) is 16.0. The van der Waals surface area contributed by atoms with Crippen LogP contribution in [0.4, 0.5) is 5.69 Å². The van der Waals surface area contributed by atoms with Crippen molar-refractivity contribution in [3.05, 3.63) is 101 Å². The van der Waals surface area contributed by atoms with Gasteiger partial charge in [-0.1, -0.05) is 66.2 Å². The average molecular weight is 383 g/mol. The summed E-state index contributed by atoms with van der Waals surface area (Å²) in [4.78, 5) is 25.8. The van der Waals surface area contributed by atoms with Crippen LogP contribution in [0.2, 0.25) is 0 Å². The minimum Gasteiger partial charge on any atom is -0.481 e. The molecular weight excluding hydrogens is 362 g/mol. The third kappa shape index (κ3) is 2.67.